The van der Waals surface area contributed by atoms with Gasteiger partial charge in [0.25, 0.3) is 11.4 Å². The summed E-state index contributed by atoms with van der Waals surface area (Å²) in [6.07, 6.45) is 3.46. The third-order valence-electron chi connectivity index (χ3n) is 5.32. The van der Waals surface area contributed by atoms with Gasteiger partial charge in [-0.2, -0.15) is 12.1 Å². The van der Waals surface area contributed by atoms with Crippen LogP contribution in [0.5, 0.6) is 0 Å². The molecule has 2 heterocycles. The Morgan fingerprint density at radius 2 is 1.76 bits per heavy atom. The van der Waals surface area contributed by atoms with Gasteiger partial charge >= 0.3 is 6.01 Å². The van der Waals surface area contributed by atoms with Crippen molar-refractivity contribution in [3.63, 3.8) is 0 Å². The van der Waals surface area contributed by atoms with Crippen molar-refractivity contribution in [3.8, 4) is 0 Å². The van der Waals surface area contributed by atoms with Crippen LogP contribution in [0.4, 0.5) is 17.1 Å². The first-order chi connectivity index (χ1) is 16.0. The van der Waals surface area contributed by atoms with E-state index >= 15 is 0 Å². The average Bonchev–Trinajstić information content (AvgIpc) is 3.36. The molecule has 34 heavy (non-hydrogen) atoms. The number of carbonyl (C=O) groups excluding carboxylic acids is 1. The van der Waals surface area contributed by atoms with Crippen molar-refractivity contribution >= 4 is 50.8 Å². The zero-order valence-corrected chi connectivity index (χ0v) is 21.9. The fourth-order valence-electron chi connectivity index (χ4n) is 3.90. The van der Waals surface area contributed by atoms with Crippen LogP contribution in [0.1, 0.15) is 33.6 Å². The van der Waals surface area contributed by atoms with E-state index in [0.717, 1.165) is 52.7 Å². The molecule has 4 aromatic rings. The molecule has 1 N–H and O–H groups in total. The molecule has 5 rings (SSSR count). The average molecular weight is 632 g/mol. The summed E-state index contributed by atoms with van der Waals surface area (Å²) in [5.41, 5.74) is 4.97. The van der Waals surface area contributed by atoms with Crippen molar-refractivity contribution in [2.75, 3.05) is 6.54 Å². The first-order valence-electron chi connectivity index (χ1n) is 11.1. The van der Waals surface area contributed by atoms with E-state index in [2.05, 4.69) is 64.5 Å². The van der Waals surface area contributed by atoms with E-state index in [4.69, 9.17) is 9.52 Å². The predicted molar refractivity (Wildman–Crippen MR) is 132 cm³/mol. The molecule has 0 unspecified atom stereocenters. The first-order valence-corrected chi connectivity index (χ1v) is 11.1. The van der Waals surface area contributed by atoms with Gasteiger partial charge in [-0.25, -0.2) is 0 Å². The van der Waals surface area contributed by atoms with Gasteiger partial charge in [0.2, 0.25) is 0 Å². The summed E-state index contributed by atoms with van der Waals surface area (Å²) in [7, 11) is 0. The molecule has 0 aliphatic carbocycles. The Balaban J connectivity index is 0.000000357. The van der Waals surface area contributed by atoms with Gasteiger partial charge in [-0.15, -0.1) is 6.07 Å². The molecule has 0 spiro atoms. The Morgan fingerprint density at radius 1 is 1.06 bits per heavy atom. The fourth-order valence-corrected chi connectivity index (χ4v) is 3.90. The van der Waals surface area contributed by atoms with Gasteiger partial charge in [0, 0.05) is 50.1 Å². The second-order valence-corrected chi connectivity index (χ2v) is 7.99. The van der Waals surface area contributed by atoms with Crippen molar-refractivity contribution in [3.05, 3.63) is 78.6 Å². The molecule has 0 bridgehead atoms. The molecule has 3 aromatic carbocycles. The van der Waals surface area contributed by atoms with Crippen LogP contribution in [0.15, 0.2) is 76.9 Å². The summed E-state index contributed by atoms with van der Waals surface area (Å²) in [4.78, 5) is 10.0. The predicted octanol–water partition coefficient (Wildman–Crippen LogP) is 6.89. The SMILES string of the molecule is CC(=O)/C=C(/C)O.CCCC[N+]1=C=[N+](c2[c-]ccc3c2oc2ccccc23)c2ccccc21.[Ir]. The summed E-state index contributed by atoms with van der Waals surface area (Å²) in [5, 5.41) is 10.6. The van der Waals surface area contributed by atoms with Gasteiger partial charge < -0.3 is 9.52 Å². The number of unbranched alkanes of at least 4 members (excludes halogenated alkanes) is 1. The molecule has 1 radical (unpaired) electrons. The third-order valence-corrected chi connectivity index (χ3v) is 5.32. The third kappa shape index (κ3) is 5.26. The van der Waals surface area contributed by atoms with Crippen molar-refractivity contribution < 1.29 is 39.0 Å². The summed E-state index contributed by atoms with van der Waals surface area (Å²) in [5.74, 6) is -0.0625. The Bertz CT molecular complexity index is 1440. The van der Waals surface area contributed by atoms with Crippen molar-refractivity contribution in [2.45, 2.75) is 33.6 Å². The molecule has 0 saturated carbocycles. The van der Waals surface area contributed by atoms with Crippen molar-refractivity contribution in [2.24, 2.45) is 0 Å². The molecule has 5 nitrogen and oxygen atoms in total. The van der Waals surface area contributed by atoms with Gasteiger partial charge in [-0.1, -0.05) is 58.2 Å². The summed E-state index contributed by atoms with van der Waals surface area (Å²) in [6.45, 7) is 6.02. The number of ketones is 1. The van der Waals surface area contributed by atoms with Gasteiger partial charge in [0.15, 0.2) is 18.0 Å². The van der Waals surface area contributed by atoms with Crippen LogP contribution in [0, 0.1) is 6.07 Å². The quantitative estimate of drug-likeness (QED) is 0.113. The minimum atomic E-state index is -0.125. The summed E-state index contributed by atoms with van der Waals surface area (Å²) in [6, 6.07) is 27.5. The number of nitrogens with zero attached hydrogens (tertiary/aromatic N) is 2. The first kappa shape index (κ1) is 25.3. The molecular formula is C28H27IrN2O3+. The van der Waals surface area contributed by atoms with E-state index in [1.807, 2.05) is 24.3 Å². The van der Waals surface area contributed by atoms with E-state index in [9.17, 15) is 4.79 Å². The van der Waals surface area contributed by atoms with Gasteiger partial charge in [-0.05, 0) is 19.9 Å². The number of fused-ring (bicyclic) bond motifs is 4. The molecule has 1 aliphatic rings. The number of hydrogen-bond acceptors (Lipinski definition) is 3. The molecule has 0 saturated heterocycles. The largest absolute Gasteiger partial charge is 0.512 e. The number of allylic oxidation sites excluding steroid dienone is 2. The van der Waals surface area contributed by atoms with E-state index < -0.39 is 0 Å². The Morgan fingerprint density at radius 3 is 2.44 bits per heavy atom. The van der Waals surface area contributed by atoms with Crippen LogP contribution >= 0.6 is 0 Å². The number of rotatable bonds is 5. The number of para-hydroxylation sites is 3. The van der Waals surface area contributed by atoms with Crippen LogP contribution in [-0.4, -0.2) is 28.0 Å². The summed E-state index contributed by atoms with van der Waals surface area (Å²) < 4.78 is 10.5. The van der Waals surface area contributed by atoms with Gasteiger partial charge in [0.1, 0.15) is 5.58 Å². The molecule has 1 aliphatic heterocycles. The van der Waals surface area contributed by atoms with Gasteiger partial charge in [-0.3, -0.25) is 4.79 Å². The Labute approximate surface area is 212 Å². The van der Waals surface area contributed by atoms with Crippen LogP contribution in [-0.2, 0) is 24.9 Å². The number of hydrogen-bond donors (Lipinski definition) is 1. The zero-order chi connectivity index (χ0) is 23.4. The van der Waals surface area contributed by atoms with E-state index in [1.165, 1.54) is 25.6 Å². The molecule has 0 atom stereocenters. The molecule has 6 heteroatoms. The second-order valence-electron chi connectivity index (χ2n) is 7.99. The molecule has 175 valence electrons. The van der Waals surface area contributed by atoms with Crippen LogP contribution < -0.4 is 4.58 Å². The minimum Gasteiger partial charge on any atom is -0.512 e. The standard InChI is InChI=1S/C23H19N2O.C5H8O2.Ir/c1-2-3-15-24-16-25(20-12-6-5-11-19(20)24)21-13-8-10-18-17-9-4-7-14-22(17)26-23(18)21;1-4(6)3-5(2)7;/h4-12,14H,2-3,15H2,1H3;3,6H,1-2H3;/q+1;;/b;4-3-;. The number of aliphatic hydroxyl groups excluding tert-OH is 1. The maximum absolute atomic E-state index is 10.0. The van der Waals surface area contributed by atoms with Crippen molar-refractivity contribution in [1.82, 2.24) is 4.58 Å². The van der Waals surface area contributed by atoms with E-state index in [-0.39, 0.29) is 31.6 Å². The second kappa shape index (κ2) is 11.2. The summed E-state index contributed by atoms with van der Waals surface area (Å²) >= 11 is 0. The topological polar surface area (TPSA) is 56.5 Å². The number of aliphatic hydroxyl groups is 1. The maximum Gasteiger partial charge on any atom is 0.494 e. The van der Waals surface area contributed by atoms with Crippen LogP contribution in [0.3, 0.4) is 0 Å². The molecule has 0 amide bonds. The van der Waals surface area contributed by atoms with Gasteiger partial charge in [0.05, 0.1) is 11.3 Å². The van der Waals surface area contributed by atoms with Crippen LogP contribution in [0.25, 0.3) is 21.9 Å². The van der Waals surface area contributed by atoms with E-state index in [0.29, 0.717) is 0 Å². The van der Waals surface area contributed by atoms with Crippen LogP contribution in [0.2, 0.25) is 0 Å². The Kier molecular flexibility index (Phi) is 8.35. The number of furan rings is 1. The fraction of sp³-hybridized carbons (Fsp3) is 0.214. The zero-order valence-electron chi connectivity index (χ0n) is 19.5. The number of benzene rings is 3. The van der Waals surface area contributed by atoms with Crippen molar-refractivity contribution in [1.29, 1.82) is 0 Å². The monoisotopic (exact) mass is 632 g/mol. The molecule has 1 aromatic heterocycles. The minimum absolute atomic E-state index is 0. The smallest absolute Gasteiger partial charge is 0.494 e. The normalized spacial score (nSPS) is 12.4. The number of carbonyl (C=O) groups is 1. The maximum atomic E-state index is 10.0. The molecular weight excluding hydrogens is 605 g/mol. The molecule has 0 fully saturated rings. The Hall–Kier alpha value is -3.30. The van der Waals surface area contributed by atoms with E-state index in [1.54, 1.807) is 0 Å².